The van der Waals surface area contributed by atoms with Gasteiger partial charge in [0.05, 0.1) is 18.8 Å². The molecular weight excluding hydrogens is 396 g/mol. The Kier molecular flexibility index (Phi) is 7.76. The molecule has 1 amide bonds. The van der Waals surface area contributed by atoms with E-state index in [0.29, 0.717) is 17.2 Å². The van der Waals surface area contributed by atoms with Crippen LogP contribution in [0.5, 0.6) is 11.5 Å². The summed E-state index contributed by atoms with van der Waals surface area (Å²) in [6, 6.07) is 12.5. The summed E-state index contributed by atoms with van der Waals surface area (Å²) in [6.45, 7) is 5.57. The molecule has 0 atom stereocenters. The molecule has 2 aromatic carbocycles. The minimum atomic E-state index is -0.606. The fourth-order valence-corrected chi connectivity index (χ4v) is 3.47. The fraction of sp³-hybridized carbons (Fsp3) is 0.417. The van der Waals surface area contributed by atoms with E-state index in [1.165, 1.54) is 32.4 Å². The predicted molar refractivity (Wildman–Crippen MR) is 120 cm³/mol. The van der Waals surface area contributed by atoms with Crippen LogP contribution in [0.25, 0.3) is 0 Å². The van der Waals surface area contributed by atoms with E-state index >= 15 is 0 Å². The molecule has 0 aromatic heterocycles. The van der Waals surface area contributed by atoms with Crippen LogP contribution in [-0.2, 0) is 9.53 Å². The molecule has 0 spiro atoms. The SMILES string of the molecule is COc1cc(C(=O)OCC(=O)Nc2ccc(N3CCCCC3)cc2)ccc1OC(C)C. The Morgan fingerprint density at radius 1 is 1.00 bits per heavy atom. The number of benzene rings is 2. The van der Waals surface area contributed by atoms with E-state index in [1.807, 2.05) is 38.1 Å². The number of hydrogen-bond acceptors (Lipinski definition) is 6. The van der Waals surface area contributed by atoms with Crippen LogP contribution in [0.2, 0.25) is 0 Å². The zero-order chi connectivity index (χ0) is 22.2. The lowest BCUT2D eigenvalue weighted by molar-refractivity contribution is -0.119. The molecule has 166 valence electrons. The highest BCUT2D eigenvalue weighted by molar-refractivity contribution is 5.95. The van der Waals surface area contributed by atoms with Crippen molar-refractivity contribution < 1.29 is 23.8 Å². The molecule has 1 heterocycles. The second kappa shape index (κ2) is 10.7. The van der Waals surface area contributed by atoms with Crippen molar-refractivity contribution in [3.8, 4) is 11.5 Å². The highest BCUT2D eigenvalue weighted by Gasteiger charge is 2.15. The van der Waals surface area contributed by atoms with Crippen LogP contribution in [0.3, 0.4) is 0 Å². The van der Waals surface area contributed by atoms with Gasteiger partial charge in [0.2, 0.25) is 0 Å². The summed E-state index contributed by atoms with van der Waals surface area (Å²) in [7, 11) is 1.50. The highest BCUT2D eigenvalue weighted by atomic mass is 16.5. The van der Waals surface area contributed by atoms with E-state index in [-0.39, 0.29) is 18.3 Å². The van der Waals surface area contributed by atoms with Crippen LogP contribution < -0.4 is 19.7 Å². The van der Waals surface area contributed by atoms with Crippen LogP contribution in [-0.4, -0.2) is 44.8 Å². The molecule has 1 aliphatic heterocycles. The molecular formula is C24H30N2O5. The molecule has 0 unspecified atom stereocenters. The van der Waals surface area contributed by atoms with Crippen LogP contribution in [0, 0.1) is 0 Å². The summed E-state index contributed by atoms with van der Waals surface area (Å²) in [5.74, 6) is -0.0306. The Labute approximate surface area is 183 Å². The summed E-state index contributed by atoms with van der Waals surface area (Å²) in [5.41, 5.74) is 2.10. The third kappa shape index (κ3) is 6.38. The minimum absolute atomic E-state index is 0.0238. The second-order valence-electron chi connectivity index (χ2n) is 7.75. The number of ether oxygens (including phenoxy) is 3. The number of rotatable bonds is 8. The molecule has 0 saturated carbocycles. The lowest BCUT2D eigenvalue weighted by atomic mass is 10.1. The number of carbonyl (C=O) groups is 2. The number of hydrogen-bond donors (Lipinski definition) is 1. The van der Waals surface area contributed by atoms with Gasteiger partial charge < -0.3 is 24.4 Å². The maximum Gasteiger partial charge on any atom is 0.338 e. The number of amides is 1. The molecule has 7 nitrogen and oxygen atoms in total. The molecule has 0 bridgehead atoms. The van der Waals surface area contributed by atoms with Crippen LogP contribution in [0.1, 0.15) is 43.5 Å². The second-order valence-corrected chi connectivity index (χ2v) is 7.75. The zero-order valence-electron chi connectivity index (χ0n) is 18.3. The first kappa shape index (κ1) is 22.5. The molecule has 1 saturated heterocycles. The van der Waals surface area contributed by atoms with Gasteiger partial charge in [-0.15, -0.1) is 0 Å². The van der Waals surface area contributed by atoms with Gasteiger partial charge in [0.25, 0.3) is 5.91 Å². The van der Waals surface area contributed by atoms with Gasteiger partial charge in [-0.25, -0.2) is 4.79 Å². The van der Waals surface area contributed by atoms with Gasteiger partial charge >= 0.3 is 5.97 Å². The first-order valence-corrected chi connectivity index (χ1v) is 10.6. The van der Waals surface area contributed by atoms with Crippen molar-refractivity contribution in [3.05, 3.63) is 48.0 Å². The van der Waals surface area contributed by atoms with E-state index in [2.05, 4.69) is 10.2 Å². The average molecular weight is 427 g/mol. The third-order valence-corrected chi connectivity index (χ3v) is 4.97. The van der Waals surface area contributed by atoms with Gasteiger partial charge in [0.1, 0.15) is 0 Å². The average Bonchev–Trinajstić information content (AvgIpc) is 2.78. The summed E-state index contributed by atoms with van der Waals surface area (Å²) < 4.78 is 16.1. The van der Waals surface area contributed by atoms with Gasteiger partial charge in [-0.1, -0.05) is 0 Å². The number of carbonyl (C=O) groups excluding carboxylic acids is 2. The van der Waals surface area contributed by atoms with E-state index in [1.54, 1.807) is 12.1 Å². The van der Waals surface area contributed by atoms with Gasteiger partial charge in [-0.2, -0.15) is 0 Å². The molecule has 1 aliphatic rings. The maximum absolute atomic E-state index is 12.3. The molecule has 0 aliphatic carbocycles. The monoisotopic (exact) mass is 426 g/mol. The smallest absolute Gasteiger partial charge is 0.338 e. The molecule has 3 rings (SSSR count). The first-order chi connectivity index (χ1) is 15.0. The molecule has 7 heteroatoms. The lowest BCUT2D eigenvalue weighted by Crippen LogP contribution is -2.29. The van der Waals surface area contributed by atoms with Crippen molar-refractivity contribution in [2.24, 2.45) is 0 Å². The zero-order valence-corrected chi connectivity index (χ0v) is 18.3. The van der Waals surface area contributed by atoms with Crippen molar-refractivity contribution in [2.75, 3.05) is 37.0 Å². The Hall–Kier alpha value is -3.22. The van der Waals surface area contributed by atoms with Crippen molar-refractivity contribution >= 4 is 23.3 Å². The lowest BCUT2D eigenvalue weighted by Gasteiger charge is -2.28. The summed E-state index contributed by atoms with van der Waals surface area (Å²) >= 11 is 0. The molecule has 1 N–H and O–H groups in total. The van der Waals surface area contributed by atoms with E-state index in [0.717, 1.165) is 18.8 Å². The quantitative estimate of drug-likeness (QED) is 0.636. The van der Waals surface area contributed by atoms with Gasteiger partial charge in [0.15, 0.2) is 18.1 Å². The van der Waals surface area contributed by atoms with E-state index < -0.39 is 11.9 Å². The minimum Gasteiger partial charge on any atom is -0.493 e. The number of piperidine rings is 1. The van der Waals surface area contributed by atoms with Crippen molar-refractivity contribution in [1.82, 2.24) is 0 Å². The van der Waals surface area contributed by atoms with E-state index in [9.17, 15) is 9.59 Å². The number of esters is 1. The molecule has 1 fully saturated rings. The number of nitrogens with one attached hydrogen (secondary N) is 1. The normalized spacial score (nSPS) is 13.6. The Morgan fingerprint density at radius 3 is 2.35 bits per heavy atom. The number of methoxy groups -OCH3 is 1. The van der Waals surface area contributed by atoms with Gasteiger partial charge in [-0.05, 0) is 75.6 Å². The summed E-state index contributed by atoms with van der Waals surface area (Å²) in [4.78, 5) is 26.9. The number of anilines is 2. The maximum atomic E-state index is 12.3. The van der Waals surface area contributed by atoms with Gasteiger partial charge in [-0.3, -0.25) is 4.79 Å². The van der Waals surface area contributed by atoms with Crippen LogP contribution >= 0.6 is 0 Å². The third-order valence-electron chi connectivity index (χ3n) is 4.97. The Balaban J connectivity index is 1.51. The first-order valence-electron chi connectivity index (χ1n) is 10.6. The highest BCUT2D eigenvalue weighted by Crippen LogP contribution is 2.29. The standard InChI is InChI=1S/C24H30N2O5/c1-17(2)31-21-12-7-18(15-22(21)29-3)24(28)30-16-23(27)25-19-8-10-20(11-9-19)26-13-5-4-6-14-26/h7-12,15,17H,4-6,13-14,16H2,1-3H3,(H,25,27). The van der Waals surface area contributed by atoms with Gasteiger partial charge in [0, 0.05) is 24.5 Å². The number of nitrogens with zero attached hydrogens (tertiary/aromatic N) is 1. The van der Waals surface area contributed by atoms with Crippen molar-refractivity contribution in [1.29, 1.82) is 0 Å². The Morgan fingerprint density at radius 2 is 1.71 bits per heavy atom. The summed E-state index contributed by atoms with van der Waals surface area (Å²) in [6.07, 6.45) is 3.68. The van der Waals surface area contributed by atoms with Crippen molar-refractivity contribution in [2.45, 2.75) is 39.2 Å². The van der Waals surface area contributed by atoms with Crippen LogP contribution in [0.15, 0.2) is 42.5 Å². The van der Waals surface area contributed by atoms with Crippen LogP contribution in [0.4, 0.5) is 11.4 Å². The fourth-order valence-electron chi connectivity index (χ4n) is 3.47. The molecule has 2 aromatic rings. The van der Waals surface area contributed by atoms with E-state index in [4.69, 9.17) is 14.2 Å². The molecule has 0 radical (unpaired) electrons. The van der Waals surface area contributed by atoms with Crippen molar-refractivity contribution in [3.63, 3.8) is 0 Å². The topological polar surface area (TPSA) is 77.1 Å². The largest absolute Gasteiger partial charge is 0.493 e. The summed E-state index contributed by atoms with van der Waals surface area (Å²) in [5, 5.41) is 2.75. The predicted octanol–water partition coefficient (Wildman–Crippen LogP) is 4.27. The Bertz CT molecular complexity index is 889. The molecule has 31 heavy (non-hydrogen) atoms.